The van der Waals surface area contributed by atoms with Crippen LogP contribution in [0.25, 0.3) is 0 Å². The number of ether oxygens (including phenoxy) is 1. The van der Waals surface area contributed by atoms with E-state index in [2.05, 4.69) is 5.32 Å². The molecule has 2 saturated heterocycles. The third-order valence-corrected chi connectivity index (χ3v) is 6.65. The number of hydrogen-bond acceptors (Lipinski definition) is 6. The number of piperidine rings is 1. The number of amides is 3. The molecule has 1 spiro atoms. The number of likely N-dealkylation sites (tertiary alicyclic amines) is 1. The maximum Gasteiger partial charge on any atom is 0.270 e. The van der Waals surface area contributed by atoms with Crippen molar-refractivity contribution in [2.75, 3.05) is 19.7 Å². The van der Waals surface area contributed by atoms with Crippen LogP contribution < -0.4 is 5.32 Å². The van der Waals surface area contributed by atoms with Crippen LogP contribution in [0.2, 0.25) is 0 Å². The smallest absolute Gasteiger partial charge is 0.270 e. The number of nitrogens with zero attached hydrogens (tertiary/aromatic N) is 3. The van der Waals surface area contributed by atoms with Crippen LogP contribution in [0, 0.1) is 17.0 Å². The van der Waals surface area contributed by atoms with Gasteiger partial charge >= 0.3 is 0 Å². The van der Waals surface area contributed by atoms with Gasteiger partial charge < -0.3 is 15.0 Å². The average molecular weight is 495 g/mol. The minimum absolute atomic E-state index is 0.0645. The number of nitro benzene ring substituents is 1. The fraction of sp³-hybridized carbons (Fsp3) is 0.423. The Kier molecular flexibility index (Phi) is 7.07. The second-order valence-electron chi connectivity index (χ2n) is 9.58. The first-order chi connectivity index (χ1) is 17.1. The summed E-state index contributed by atoms with van der Waals surface area (Å²) in [6.45, 7) is 6.26. The summed E-state index contributed by atoms with van der Waals surface area (Å²) in [6.07, 6.45) is 0.632. The van der Waals surface area contributed by atoms with Crippen molar-refractivity contribution in [3.63, 3.8) is 0 Å². The van der Waals surface area contributed by atoms with Gasteiger partial charge in [0.2, 0.25) is 5.91 Å². The number of aryl methyl sites for hydroxylation is 1. The Morgan fingerprint density at radius 2 is 1.72 bits per heavy atom. The zero-order valence-electron chi connectivity index (χ0n) is 20.6. The molecule has 36 heavy (non-hydrogen) atoms. The summed E-state index contributed by atoms with van der Waals surface area (Å²) in [7, 11) is 0. The monoisotopic (exact) mass is 494 g/mol. The first-order valence-corrected chi connectivity index (χ1v) is 12.0. The molecule has 3 amide bonds. The minimum Gasteiger partial charge on any atom is -0.353 e. The fourth-order valence-corrected chi connectivity index (χ4v) is 4.78. The Labute approximate surface area is 209 Å². The number of non-ortho nitro benzene ring substituents is 1. The molecule has 0 aromatic heterocycles. The van der Waals surface area contributed by atoms with Gasteiger partial charge in [-0.1, -0.05) is 23.8 Å². The van der Waals surface area contributed by atoms with Gasteiger partial charge in [0, 0.05) is 55.2 Å². The molecule has 0 saturated carbocycles. The van der Waals surface area contributed by atoms with Crippen molar-refractivity contribution in [2.24, 2.45) is 0 Å². The Hall–Kier alpha value is -3.79. The predicted molar refractivity (Wildman–Crippen MR) is 131 cm³/mol. The summed E-state index contributed by atoms with van der Waals surface area (Å²) < 4.78 is 6.18. The van der Waals surface area contributed by atoms with Crippen molar-refractivity contribution in [3.05, 3.63) is 75.3 Å². The highest BCUT2D eigenvalue weighted by Gasteiger charge is 2.54. The van der Waals surface area contributed by atoms with E-state index in [1.165, 1.54) is 18.2 Å². The third-order valence-electron chi connectivity index (χ3n) is 6.65. The second-order valence-corrected chi connectivity index (χ2v) is 9.58. The van der Waals surface area contributed by atoms with E-state index >= 15 is 0 Å². The summed E-state index contributed by atoms with van der Waals surface area (Å²) in [5.41, 5.74) is 0.529. The molecule has 2 heterocycles. The van der Waals surface area contributed by atoms with E-state index in [1.54, 1.807) is 28.0 Å². The van der Waals surface area contributed by atoms with E-state index < -0.39 is 16.7 Å². The van der Waals surface area contributed by atoms with Crippen LogP contribution in [-0.2, 0) is 9.53 Å². The standard InChI is InChI=1S/C26H30N4O6/c1-17(2)27-23(31)22-16-36-26(29(22)25(33)19-9-7-18(3)8-10-19)11-13-28(14-12-26)24(32)20-5-4-6-21(15-20)30(34)35/h4-10,15,17,22H,11-14,16H2,1-3H3,(H,27,31). The third kappa shape index (κ3) is 4.94. The largest absolute Gasteiger partial charge is 0.353 e. The SMILES string of the molecule is Cc1ccc(C(=O)N2C(C(=O)NC(C)C)COC23CCN(C(=O)c2cccc([N+](=O)[O-])c2)CC3)cc1. The summed E-state index contributed by atoms with van der Waals surface area (Å²) >= 11 is 0. The normalized spacial score (nSPS) is 18.9. The lowest BCUT2D eigenvalue weighted by atomic mass is 9.96. The molecule has 2 aromatic rings. The molecule has 1 unspecified atom stereocenters. The molecule has 0 radical (unpaired) electrons. The van der Waals surface area contributed by atoms with E-state index in [0.29, 0.717) is 18.4 Å². The first-order valence-electron chi connectivity index (χ1n) is 12.0. The average Bonchev–Trinajstić information content (AvgIpc) is 3.22. The molecule has 1 N–H and O–H groups in total. The summed E-state index contributed by atoms with van der Waals surface area (Å²) in [5, 5.41) is 14.0. The quantitative estimate of drug-likeness (QED) is 0.504. The molecule has 10 heteroatoms. The van der Waals surface area contributed by atoms with E-state index in [0.717, 1.165) is 5.56 Å². The number of rotatable bonds is 5. The Balaban J connectivity index is 1.57. The van der Waals surface area contributed by atoms with E-state index in [4.69, 9.17) is 4.74 Å². The van der Waals surface area contributed by atoms with Gasteiger partial charge in [0.15, 0.2) is 0 Å². The van der Waals surface area contributed by atoms with Gasteiger partial charge in [0.25, 0.3) is 17.5 Å². The lowest BCUT2D eigenvalue weighted by Crippen LogP contribution is -2.60. The van der Waals surface area contributed by atoms with Gasteiger partial charge in [-0.2, -0.15) is 0 Å². The maximum atomic E-state index is 13.7. The molecule has 1 atom stereocenters. The van der Waals surface area contributed by atoms with Crippen LogP contribution in [0.15, 0.2) is 48.5 Å². The van der Waals surface area contributed by atoms with Gasteiger partial charge in [-0.05, 0) is 39.0 Å². The molecule has 0 aliphatic carbocycles. The van der Waals surface area contributed by atoms with Crippen molar-refractivity contribution in [1.29, 1.82) is 0 Å². The maximum absolute atomic E-state index is 13.7. The fourth-order valence-electron chi connectivity index (χ4n) is 4.78. The summed E-state index contributed by atoms with van der Waals surface area (Å²) in [5.74, 6) is -0.899. The number of benzene rings is 2. The van der Waals surface area contributed by atoms with Crippen molar-refractivity contribution >= 4 is 23.4 Å². The van der Waals surface area contributed by atoms with Crippen LogP contribution >= 0.6 is 0 Å². The highest BCUT2D eigenvalue weighted by molar-refractivity contribution is 5.99. The molecule has 4 rings (SSSR count). The van der Waals surface area contributed by atoms with Gasteiger partial charge in [0.1, 0.15) is 11.8 Å². The van der Waals surface area contributed by atoms with Crippen molar-refractivity contribution in [2.45, 2.75) is 51.4 Å². The van der Waals surface area contributed by atoms with E-state index in [-0.39, 0.29) is 54.7 Å². The molecule has 2 aromatic carbocycles. The van der Waals surface area contributed by atoms with Crippen LogP contribution in [0.3, 0.4) is 0 Å². The minimum atomic E-state index is -1.03. The van der Waals surface area contributed by atoms with Crippen molar-refractivity contribution in [1.82, 2.24) is 15.1 Å². The first kappa shape index (κ1) is 25.3. The van der Waals surface area contributed by atoms with Crippen molar-refractivity contribution in [3.8, 4) is 0 Å². The highest BCUT2D eigenvalue weighted by atomic mass is 16.6. The Bertz CT molecular complexity index is 1170. The summed E-state index contributed by atoms with van der Waals surface area (Å²) in [4.78, 5) is 53.5. The van der Waals surface area contributed by atoms with Gasteiger partial charge in [0.05, 0.1) is 11.5 Å². The van der Waals surface area contributed by atoms with Crippen LogP contribution in [0.4, 0.5) is 5.69 Å². The number of nitrogens with one attached hydrogen (secondary N) is 1. The van der Waals surface area contributed by atoms with Crippen molar-refractivity contribution < 1.29 is 24.0 Å². The zero-order valence-corrected chi connectivity index (χ0v) is 20.6. The van der Waals surface area contributed by atoms with E-state index in [1.807, 2.05) is 32.9 Å². The molecule has 0 bridgehead atoms. The van der Waals surface area contributed by atoms with Gasteiger partial charge in [-0.3, -0.25) is 29.4 Å². The van der Waals surface area contributed by atoms with Crippen LogP contribution in [0.5, 0.6) is 0 Å². The lowest BCUT2D eigenvalue weighted by molar-refractivity contribution is -0.384. The molecule has 190 valence electrons. The highest BCUT2D eigenvalue weighted by Crippen LogP contribution is 2.39. The predicted octanol–water partition coefficient (Wildman–Crippen LogP) is 2.90. The molecule has 10 nitrogen and oxygen atoms in total. The Morgan fingerprint density at radius 3 is 2.33 bits per heavy atom. The van der Waals surface area contributed by atoms with Gasteiger partial charge in [-0.15, -0.1) is 0 Å². The Morgan fingerprint density at radius 1 is 1.06 bits per heavy atom. The zero-order chi connectivity index (χ0) is 26.0. The van der Waals surface area contributed by atoms with Gasteiger partial charge in [-0.25, -0.2) is 0 Å². The molecule has 2 aliphatic rings. The van der Waals surface area contributed by atoms with Crippen LogP contribution in [0.1, 0.15) is 53.0 Å². The molecular formula is C26H30N4O6. The topological polar surface area (TPSA) is 122 Å². The number of carbonyl (C=O) groups is 3. The molecule has 2 fully saturated rings. The van der Waals surface area contributed by atoms with Crippen LogP contribution in [-0.4, -0.2) is 69.9 Å². The lowest BCUT2D eigenvalue weighted by Gasteiger charge is -2.44. The summed E-state index contributed by atoms with van der Waals surface area (Å²) in [6, 6.07) is 11.9. The number of hydrogen-bond donors (Lipinski definition) is 1. The molecular weight excluding hydrogens is 464 g/mol. The number of nitro groups is 1. The molecule has 2 aliphatic heterocycles. The number of carbonyl (C=O) groups excluding carboxylic acids is 3. The van der Waals surface area contributed by atoms with E-state index in [9.17, 15) is 24.5 Å². The second kappa shape index (κ2) is 10.1.